The van der Waals surface area contributed by atoms with Crippen molar-refractivity contribution in [3.63, 3.8) is 0 Å². The van der Waals surface area contributed by atoms with Gasteiger partial charge in [0.05, 0.1) is 7.45 Å². The van der Waals surface area contributed by atoms with Crippen LogP contribution in [0.3, 0.4) is 0 Å². The number of Topliss-reactive ketones (excluding diaryl/α,β-unsaturated/α-hetero) is 1. The molecule has 138 valence electrons. The fraction of sp³-hybridized carbons (Fsp3) is 0.810. The van der Waals surface area contributed by atoms with E-state index in [1.54, 1.807) is 11.8 Å². The first-order chi connectivity index (χ1) is 12.0. The van der Waals surface area contributed by atoms with Gasteiger partial charge < -0.3 is 10.0 Å². The number of hydrogen-bond acceptors (Lipinski definition) is 3. The maximum Gasteiger partial charge on any atom is 0.226 e. The molecule has 0 bridgehead atoms. The zero-order chi connectivity index (χ0) is 19.1. The van der Waals surface area contributed by atoms with E-state index in [2.05, 4.69) is 19.9 Å². The summed E-state index contributed by atoms with van der Waals surface area (Å²) in [7, 11) is 1.82. The lowest BCUT2D eigenvalue weighted by molar-refractivity contribution is -0.150. The Kier molecular flexibility index (Phi) is 3.48. The highest BCUT2D eigenvalue weighted by atomic mass is 16.3. The van der Waals surface area contributed by atoms with Crippen molar-refractivity contribution in [3.8, 4) is 0 Å². The van der Waals surface area contributed by atoms with E-state index in [-0.39, 0.29) is 40.3 Å². The van der Waals surface area contributed by atoms with Gasteiger partial charge in [-0.05, 0) is 62.2 Å². The molecule has 4 heteroatoms. The molecule has 0 spiro atoms. The molecule has 1 heterocycles. The smallest absolute Gasteiger partial charge is 0.226 e. The van der Waals surface area contributed by atoms with Crippen LogP contribution in [0.5, 0.6) is 0 Å². The van der Waals surface area contributed by atoms with Gasteiger partial charge in [-0.3, -0.25) is 9.59 Å². The number of ketones is 1. The summed E-state index contributed by atoms with van der Waals surface area (Å²) in [6, 6.07) is 0. The SMILES string of the molecule is [2H][C@]1(O)C[C@]2(C)C(C(C)=O)CCC2C2CC=C3N(C)C(=O)CC[C@]3(C)C21. The molecular formula is C21H31NO3. The molecule has 3 fully saturated rings. The lowest BCUT2D eigenvalue weighted by Gasteiger charge is -2.59. The van der Waals surface area contributed by atoms with Gasteiger partial charge in [-0.15, -0.1) is 0 Å². The molecule has 2 saturated carbocycles. The lowest BCUT2D eigenvalue weighted by atomic mass is 9.48. The van der Waals surface area contributed by atoms with Gasteiger partial charge in [0.15, 0.2) is 0 Å². The van der Waals surface area contributed by atoms with Crippen LogP contribution in [0.2, 0.25) is 0 Å². The van der Waals surface area contributed by atoms with Crippen molar-refractivity contribution in [2.45, 2.75) is 65.4 Å². The predicted octanol–water partition coefficient (Wildman–Crippen LogP) is 3.15. The molecule has 0 aromatic carbocycles. The van der Waals surface area contributed by atoms with Crippen LogP contribution in [0, 0.1) is 34.5 Å². The second kappa shape index (κ2) is 5.42. The van der Waals surface area contributed by atoms with Crippen molar-refractivity contribution >= 4 is 11.7 Å². The molecular weight excluding hydrogens is 314 g/mol. The average molecular weight is 346 g/mol. The number of aliphatic hydroxyl groups is 1. The summed E-state index contributed by atoms with van der Waals surface area (Å²) < 4.78 is 8.94. The van der Waals surface area contributed by atoms with Crippen LogP contribution in [0.1, 0.15) is 60.7 Å². The number of rotatable bonds is 1. The van der Waals surface area contributed by atoms with Crippen molar-refractivity contribution in [2.24, 2.45) is 34.5 Å². The quantitative estimate of drug-likeness (QED) is 0.793. The van der Waals surface area contributed by atoms with Gasteiger partial charge in [-0.1, -0.05) is 19.9 Å². The van der Waals surface area contributed by atoms with Gasteiger partial charge in [-0.2, -0.15) is 0 Å². The fourth-order valence-electron chi connectivity index (χ4n) is 7.12. The van der Waals surface area contributed by atoms with Crippen LogP contribution in [-0.4, -0.2) is 34.8 Å². The first-order valence-corrected chi connectivity index (χ1v) is 9.72. The Balaban J connectivity index is 1.80. The normalized spacial score (nSPS) is 52.7. The Bertz CT molecular complexity index is 701. The molecule has 4 aliphatic rings. The van der Waals surface area contributed by atoms with Crippen LogP contribution >= 0.6 is 0 Å². The van der Waals surface area contributed by atoms with Crippen LogP contribution < -0.4 is 0 Å². The molecule has 1 N–H and O–H groups in total. The number of amides is 1. The lowest BCUT2D eigenvalue weighted by Crippen LogP contribution is -2.58. The molecule has 7 atom stereocenters. The summed E-state index contributed by atoms with van der Waals surface area (Å²) in [5, 5.41) is 11.4. The third kappa shape index (κ3) is 2.16. The van der Waals surface area contributed by atoms with Gasteiger partial charge >= 0.3 is 0 Å². The van der Waals surface area contributed by atoms with Crippen molar-refractivity contribution in [1.82, 2.24) is 4.90 Å². The molecule has 0 radical (unpaired) electrons. The number of hydrogen-bond donors (Lipinski definition) is 1. The number of carbonyl (C=O) groups is 2. The number of carbonyl (C=O) groups excluding carboxylic acids is 2. The van der Waals surface area contributed by atoms with Crippen LogP contribution in [0.15, 0.2) is 11.8 Å². The predicted molar refractivity (Wildman–Crippen MR) is 95.4 cm³/mol. The highest BCUT2D eigenvalue weighted by molar-refractivity contribution is 5.80. The second-order valence-corrected chi connectivity index (χ2v) is 9.36. The fourth-order valence-corrected chi connectivity index (χ4v) is 7.12. The summed E-state index contributed by atoms with van der Waals surface area (Å²) in [4.78, 5) is 26.2. The van der Waals surface area contributed by atoms with Crippen molar-refractivity contribution in [2.75, 3.05) is 7.05 Å². The second-order valence-electron chi connectivity index (χ2n) is 9.36. The minimum Gasteiger partial charge on any atom is -0.393 e. The Morgan fingerprint density at radius 2 is 2.12 bits per heavy atom. The molecule has 3 aliphatic carbocycles. The monoisotopic (exact) mass is 346 g/mol. The van der Waals surface area contributed by atoms with Crippen molar-refractivity contribution < 1.29 is 16.1 Å². The molecule has 0 aromatic heterocycles. The summed E-state index contributed by atoms with van der Waals surface area (Å²) in [6.07, 6.45) is 4.82. The van der Waals surface area contributed by atoms with Gasteiger partial charge in [0.1, 0.15) is 5.78 Å². The van der Waals surface area contributed by atoms with Gasteiger partial charge in [0.25, 0.3) is 0 Å². The third-order valence-electron chi connectivity index (χ3n) is 8.21. The minimum absolute atomic E-state index is 0.0425. The first kappa shape index (κ1) is 16.0. The van der Waals surface area contributed by atoms with Crippen molar-refractivity contribution in [1.29, 1.82) is 0 Å². The molecule has 4 rings (SSSR count). The highest BCUT2D eigenvalue weighted by Gasteiger charge is 2.62. The maximum atomic E-state index is 12.2. The van der Waals surface area contributed by atoms with E-state index in [0.717, 1.165) is 25.0 Å². The van der Waals surface area contributed by atoms with E-state index >= 15 is 0 Å². The van der Waals surface area contributed by atoms with Crippen LogP contribution in [-0.2, 0) is 9.59 Å². The van der Waals surface area contributed by atoms with Gasteiger partial charge in [-0.25, -0.2) is 0 Å². The highest BCUT2D eigenvalue weighted by Crippen LogP contribution is 2.65. The molecule has 1 aliphatic heterocycles. The van der Waals surface area contributed by atoms with E-state index in [1.165, 1.54) is 0 Å². The Morgan fingerprint density at radius 1 is 1.40 bits per heavy atom. The van der Waals surface area contributed by atoms with Crippen LogP contribution in [0.25, 0.3) is 0 Å². The van der Waals surface area contributed by atoms with Crippen LogP contribution in [0.4, 0.5) is 0 Å². The topological polar surface area (TPSA) is 57.6 Å². The Morgan fingerprint density at radius 3 is 2.80 bits per heavy atom. The molecule has 4 unspecified atom stereocenters. The largest absolute Gasteiger partial charge is 0.393 e. The number of fused-ring (bicyclic) bond motifs is 5. The zero-order valence-corrected chi connectivity index (χ0v) is 15.8. The van der Waals surface area contributed by atoms with Gasteiger partial charge in [0, 0.05) is 30.5 Å². The number of allylic oxidation sites excluding steroid dienone is 2. The number of piperidine rings is 1. The molecule has 25 heavy (non-hydrogen) atoms. The standard InChI is InChI=1S/C21H31NO3/c1-12(23)14-6-7-15-13-5-8-17-20(2,10-9-18(25)22(17)4)19(13)16(24)11-21(14,15)3/h8,13-16,19,24H,5-7,9-11H2,1-4H3/t13?,14?,15?,16-,19?,20-,21+/m0/s1/i16D. The van der Waals surface area contributed by atoms with Gasteiger partial charge in [0.2, 0.25) is 5.91 Å². The number of nitrogens with zero attached hydrogens (tertiary/aromatic N) is 1. The minimum atomic E-state index is -1.57. The maximum absolute atomic E-state index is 12.2. The Hall–Kier alpha value is -1.16. The zero-order valence-electron chi connectivity index (χ0n) is 16.8. The summed E-state index contributed by atoms with van der Waals surface area (Å²) in [6.45, 7) is 5.93. The first-order valence-electron chi connectivity index (χ1n) is 10.2. The van der Waals surface area contributed by atoms with E-state index in [0.29, 0.717) is 25.2 Å². The number of likely N-dealkylation sites (tertiary alicyclic amines) is 1. The third-order valence-corrected chi connectivity index (χ3v) is 8.21. The average Bonchev–Trinajstić information content (AvgIpc) is 2.86. The molecule has 1 saturated heterocycles. The van der Waals surface area contributed by atoms with E-state index in [1.807, 2.05) is 7.05 Å². The molecule has 0 aromatic rings. The Labute approximate surface area is 152 Å². The van der Waals surface area contributed by atoms with E-state index in [9.17, 15) is 14.7 Å². The molecule has 4 nitrogen and oxygen atoms in total. The molecule has 1 amide bonds. The summed E-state index contributed by atoms with van der Waals surface area (Å²) in [5.74, 6) is 0.665. The van der Waals surface area contributed by atoms with E-state index < -0.39 is 6.08 Å². The van der Waals surface area contributed by atoms with E-state index in [4.69, 9.17) is 1.37 Å². The summed E-state index contributed by atoms with van der Waals surface area (Å²) in [5.41, 5.74) is 0.352. The van der Waals surface area contributed by atoms with Crippen molar-refractivity contribution in [3.05, 3.63) is 11.8 Å². The summed E-state index contributed by atoms with van der Waals surface area (Å²) >= 11 is 0.